The van der Waals surface area contributed by atoms with Crippen LogP contribution in [0.1, 0.15) is 12.0 Å². The highest BCUT2D eigenvalue weighted by molar-refractivity contribution is 7.99. The molecule has 2 rings (SSSR count). The maximum absolute atomic E-state index is 5.82. The van der Waals surface area contributed by atoms with E-state index in [-0.39, 0.29) is 0 Å². The molecule has 1 aliphatic heterocycles. The summed E-state index contributed by atoms with van der Waals surface area (Å²) in [6.45, 7) is 0.444. The summed E-state index contributed by atoms with van der Waals surface area (Å²) in [4.78, 5) is 4.56. The van der Waals surface area contributed by atoms with Crippen molar-refractivity contribution in [1.29, 1.82) is 0 Å². The molecule has 15 heavy (non-hydrogen) atoms. The molecule has 1 unspecified atom stereocenters. The molecule has 0 amide bonds. The van der Waals surface area contributed by atoms with Gasteiger partial charge in [0.15, 0.2) is 0 Å². The van der Waals surface area contributed by atoms with Crippen LogP contribution in [0, 0.1) is 0 Å². The van der Waals surface area contributed by atoms with Gasteiger partial charge in [0, 0.05) is 5.75 Å². The second kappa shape index (κ2) is 5.39. The van der Waals surface area contributed by atoms with Gasteiger partial charge in [-0.2, -0.15) is 11.8 Å². The highest BCUT2D eigenvalue weighted by Crippen LogP contribution is 2.23. The Balaban J connectivity index is 1.91. The SMILES string of the molecule is NOCc1ccc(OC2CCSC2)cc1. The van der Waals surface area contributed by atoms with Gasteiger partial charge in [0.05, 0.1) is 6.61 Å². The molecule has 1 aliphatic rings. The number of nitrogens with two attached hydrogens (primary N) is 1. The van der Waals surface area contributed by atoms with Gasteiger partial charge in [0.25, 0.3) is 0 Å². The smallest absolute Gasteiger partial charge is 0.119 e. The van der Waals surface area contributed by atoms with Gasteiger partial charge in [-0.3, -0.25) is 4.84 Å². The number of thioether (sulfide) groups is 1. The van der Waals surface area contributed by atoms with Crippen molar-refractivity contribution >= 4 is 11.8 Å². The molecule has 0 aromatic heterocycles. The molecular formula is C11H15NO2S. The Morgan fingerprint density at radius 3 is 2.73 bits per heavy atom. The topological polar surface area (TPSA) is 44.5 Å². The lowest BCUT2D eigenvalue weighted by atomic mass is 10.2. The van der Waals surface area contributed by atoms with Crippen LogP contribution in [0.3, 0.4) is 0 Å². The first-order chi connectivity index (χ1) is 7.38. The Morgan fingerprint density at radius 2 is 2.13 bits per heavy atom. The van der Waals surface area contributed by atoms with Crippen LogP contribution in [0.2, 0.25) is 0 Å². The fraction of sp³-hybridized carbons (Fsp3) is 0.455. The predicted octanol–water partition coefficient (Wildman–Crippen LogP) is 1.96. The summed E-state index contributed by atoms with van der Waals surface area (Å²) in [6, 6.07) is 7.89. The second-order valence-electron chi connectivity index (χ2n) is 3.56. The Kier molecular flexibility index (Phi) is 3.88. The Morgan fingerprint density at radius 1 is 1.33 bits per heavy atom. The van der Waals surface area contributed by atoms with Crippen molar-refractivity contribution in [1.82, 2.24) is 0 Å². The average molecular weight is 225 g/mol. The van der Waals surface area contributed by atoms with E-state index in [1.807, 2.05) is 36.0 Å². The van der Waals surface area contributed by atoms with Crippen molar-refractivity contribution < 1.29 is 9.57 Å². The van der Waals surface area contributed by atoms with Crippen LogP contribution in [0.5, 0.6) is 5.75 Å². The van der Waals surface area contributed by atoms with Crippen molar-refractivity contribution in [3.63, 3.8) is 0 Å². The third kappa shape index (κ3) is 3.12. The molecule has 4 heteroatoms. The van der Waals surface area contributed by atoms with Gasteiger partial charge in [-0.1, -0.05) is 12.1 Å². The molecule has 0 saturated carbocycles. The first-order valence-electron chi connectivity index (χ1n) is 5.03. The predicted molar refractivity (Wildman–Crippen MR) is 61.8 cm³/mol. The normalized spacial score (nSPS) is 20.5. The molecule has 1 fully saturated rings. The van der Waals surface area contributed by atoms with Gasteiger partial charge in [0.1, 0.15) is 11.9 Å². The maximum Gasteiger partial charge on any atom is 0.119 e. The molecule has 3 nitrogen and oxygen atoms in total. The van der Waals surface area contributed by atoms with Crippen molar-refractivity contribution in [2.45, 2.75) is 19.1 Å². The van der Waals surface area contributed by atoms with E-state index in [4.69, 9.17) is 10.6 Å². The minimum absolute atomic E-state index is 0.381. The molecule has 1 aromatic rings. The number of hydrogen-bond acceptors (Lipinski definition) is 4. The highest BCUT2D eigenvalue weighted by Gasteiger charge is 2.16. The molecule has 1 saturated heterocycles. The summed E-state index contributed by atoms with van der Waals surface area (Å²) in [5, 5.41) is 0. The zero-order valence-electron chi connectivity index (χ0n) is 8.52. The van der Waals surface area contributed by atoms with Crippen molar-refractivity contribution in [2.75, 3.05) is 11.5 Å². The number of ether oxygens (including phenoxy) is 1. The summed E-state index contributed by atoms with van der Waals surface area (Å²) >= 11 is 1.95. The lowest BCUT2D eigenvalue weighted by molar-refractivity contribution is 0.124. The van der Waals surface area contributed by atoms with Crippen molar-refractivity contribution in [3.8, 4) is 5.75 Å². The molecular weight excluding hydrogens is 210 g/mol. The molecule has 82 valence electrons. The maximum atomic E-state index is 5.82. The Hall–Kier alpha value is -0.710. The van der Waals surface area contributed by atoms with E-state index in [2.05, 4.69) is 4.84 Å². The summed E-state index contributed by atoms with van der Waals surface area (Å²) in [7, 11) is 0. The Bertz CT molecular complexity index is 296. The van der Waals surface area contributed by atoms with Gasteiger partial charge in [-0.25, -0.2) is 5.90 Å². The quantitative estimate of drug-likeness (QED) is 0.796. The largest absolute Gasteiger partial charge is 0.490 e. The zero-order chi connectivity index (χ0) is 10.5. The monoisotopic (exact) mass is 225 g/mol. The van der Waals surface area contributed by atoms with Crippen LogP contribution in [0.25, 0.3) is 0 Å². The minimum Gasteiger partial charge on any atom is -0.490 e. The van der Waals surface area contributed by atoms with Gasteiger partial charge in [-0.05, 0) is 29.9 Å². The van der Waals surface area contributed by atoms with E-state index >= 15 is 0 Å². The highest BCUT2D eigenvalue weighted by atomic mass is 32.2. The van der Waals surface area contributed by atoms with Crippen LogP contribution in [-0.2, 0) is 11.4 Å². The summed E-state index contributed by atoms with van der Waals surface area (Å²) in [6.07, 6.45) is 1.53. The van der Waals surface area contributed by atoms with Crippen LogP contribution in [0.4, 0.5) is 0 Å². The second-order valence-corrected chi connectivity index (χ2v) is 4.71. The van der Waals surface area contributed by atoms with Gasteiger partial charge in [0.2, 0.25) is 0 Å². The van der Waals surface area contributed by atoms with Crippen molar-refractivity contribution in [3.05, 3.63) is 29.8 Å². The lowest BCUT2D eigenvalue weighted by Gasteiger charge is -2.12. The zero-order valence-corrected chi connectivity index (χ0v) is 9.33. The van der Waals surface area contributed by atoms with E-state index in [1.165, 1.54) is 5.75 Å². The van der Waals surface area contributed by atoms with E-state index in [0.29, 0.717) is 12.7 Å². The summed E-state index contributed by atoms with van der Waals surface area (Å²) in [5.41, 5.74) is 1.06. The van der Waals surface area contributed by atoms with E-state index in [9.17, 15) is 0 Å². The van der Waals surface area contributed by atoms with Crippen LogP contribution < -0.4 is 10.6 Å². The molecule has 2 N–H and O–H groups in total. The molecule has 0 bridgehead atoms. The standard InChI is InChI=1S/C11H15NO2S/c12-13-7-9-1-3-10(4-2-9)14-11-5-6-15-8-11/h1-4,11H,5-8,12H2. The van der Waals surface area contributed by atoms with Gasteiger partial charge >= 0.3 is 0 Å². The van der Waals surface area contributed by atoms with Gasteiger partial charge in [-0.15, -0.1) is 0 Å². The molecule has 0 spiro atoms. The Labute approximate surface area is 93.9 Å². The summed E-state index contributed by atoms with van der Waals surface area (Å²) < 4.78 is 5.82. The molecule has 1 heterocycles. The van der Waals surface area contributed by atoms with Crippen LogP contribution in [-0.4, -0.2) is 17.6 Å². The minimum atomic E-state index is 0.381. The lowest BCUT2D eigenvalue weighted by Crippen LogP contribution is -2.14. The number of rotatable bonds is 4. The third-order valence-electron chi connectivity index (χ3n) is 2.36. The first kappa shape index (κ1) is 10.8. The molecule has 0 radical (unpaired) electrons. The summed E-state index contributed by atoms with van der Waals surface area (Å²) in [5.74, 6) is 8.25. The molecule has 1 aromatic carbocycles. The molecule has 0 aliphatic carbocycles. The van der Waals surface area contributed by atoms with E-state index in [0.717, 1.165) is 23.5 Å². The number of benzene rings is 1. The van der Waals surface area contributed by atoms with Gasteiger partial charge < -0.3 is 4.74 Å². The molecule has 1 atom stereocenters. The van der Waals surface area contributed by atoms with E-state index < -0.39 is 0 Å². The number of hydrogen-bond donors (Lipinski definition) is 1. The van der Waals surface area contributed by atoms with Crippen molar-refractivity contribution in [2.24, 2.45) is 5.90 Å². The van der Waals surface area contributed by atoms with Crippen LogP contribution >= 0.6 is 11.8 Å². The van der Waals surface area contributed by atoms with Crippen LogP contribution in [0.15, 0.2) is 24.3 Å². The first-order valence-corrected chi connectivity index (χ1v) is 6.19. The average Bonchev–Trinajstić information content (AvgIpc) is 2.74. The van der Waals surface area contributed by atoms with E-state index in [1.54, 1.807) is 0 Å². The third-order valence-corrected chi connectivity index (χ3v) is 3.50. The fourth-order valence-electron chi connectivity index (χ4n) is 1.56. The fourth-order valence-corrected chi connectivity index (χ4v) is 2.65.